The fourth-order valence-electron chi connectivity index (χ4n) is 2.54. The fraction of sp³-hybridized carbons (Fsp3) is 0.200. The molecular weight excluding hydrogens is 367 g/mol. The molecule has 1 heterocycles. The number of para-hydroxylation sites is 1. The van der Waals surface area contributed by atoms with Crippen LogP contribution in [0.5, 0.6) is 0 Å². The number of benzene rings is 2. The largest absolute Gasteiger partial charge is 0.459 e. The summed E-state index contributed by atoms with van der Waals surface area (Å²) in [5.74, 6) is 0.180. The van der Waals surface area contributed by atoms with E-state index in [9.17, 15) is 14.0 Å². The van der Waals surface area contributed by atoms with E-state index in [1.807, 2.05) is 37.3 Å². The summed E-state index contributed by atoms with van der Waals surface area (Å²) in [5, 5.41) is 6.50. The number of hydrogen-bond donors (Lipinski definition) is 2. The van der Waals surface area contributed by atoms with Crippen molar-refractivity contribution in [3.05, 3.63) is 66.2 Å². The number of hydrogen-bond acceptors (Lipinski definition) is 4. The van der Waals surface area contributed by atoms with Crippen LogP contribution in [0.25, 0.3) is 11.0 Å². The van der Waals surface area contributed by atoms with E-state index >= 15 is 0 Å². The van der Waals surface area contributed by atoms with Crippen LogP contribution >= 0.6 is 11.8 Å². The molecule has 0 saturated heterocycles. The Hall–Kier alpha value is -2.80. The number of halogens is 1. The standard InChI is InChI=1S/C20H19FN2O3S/c1-13(18-10-14-4-2-3-5-17(14)26-18)22-19(24)11-27-12-20(25)23-16-8-6-15(21)7-9-16/h2-10,13H,11-12H2,1H3,(H,22,24)(H,23,25)/t13-/m0/s1. The summed E-state index contributed by atoms with van der Waals surface area (Å²) in [5.41, 5.74) is 1.30. The van der Waals surface area contributed by atoms with E-state index in [1.165, 1.54) is 36.0 Å². The van der Waals surface area contributed by atoms with Gasteiger partial charge in [0.05, 0.1) is 17.5 Å². The zero-order valence-corrected chi connectivity index (χ0v) is 15.5. The minimum absolute atomic E-state index is 0.129. The van der Waals surface area contributed by atoms with Gasteiger partial charge in [0.1, 0.15) is 17.2 Å². The molecule has 5 nitrogen and oxygen atoms in total. The molecule has 0 aliphatic carbocycles. The van der Waals surface area contributed by atoms with Crippen LogP contribution in [0.15, 0.2) is 59.0 Å². The van der Waals surface area contributed by atoms with E-state index in [-0.39, 0.29) is 35.2 Å². The van der Waals surface area contributed by atoms with Crippen LogP contribution in [0.1, 0.15) is 18.7 Å². The maximum Gasteiger partial charge on any atom is 0.234 e. The van der Waals surface area contributed by atoms with Crippen molar-refractivity contribution in [1.82, 2.24) is 5.32 Å². The Labute approximate surface area is 160 Å². The molecule has 3 aromatic rings. The predicted molar refractivity (Wildman–Crippen MR) is 105 cm³/mol. The third kappa shape index (κ3) is 5.34. The number of furan rings is 1. The van der Waals surface area contributed by atoms with Gasteiger partial charge in [-0.1, -0.05) is 18.2 Å². The molecule has 0 fully saturated rings. The zero-order chi connectivity index (χ0) is 19.2. The Kier molecular flexibility index (Phi) is 6.13. The first-order valence-electron chi connectivity index (χ1n) is 8.42. The molecule has 0 aliphatic heterocycles. The monoisotopic (exact) mass is 386 g/mol. The second kappa shape index (κ2) is 8.73. The lowest BCUT2D eigenvalue weighted by molar-refractivity contribution is -0.119. The van der Waals surface area contributed by atoms with Gasteiger partial charge in [-0.2, -0.15) is 0 Å². The Balaban J connectivity index is 1.42. The number of carbonyl (C=O) groups excluding carboxylic acids is 2. The topological polar surface area (TPSA) is 71.3 Å². The van der Waals surface area contributed by atoms with Crippen LogP contribution in [-0.4, -0.2) is 23.3 Å². The molecular formula is C20H19FN2O3S. The maximum atomic E-state index is 12.8. The highest BCUT2D eigenvalue weighted by molar-refractivity contribution is 8.00. The quantitative estimate of drug-likeness (QED) is 0.641. The van der Waals surface area contributed by atoms with Gasteiger partial charge in [0.15, 0.2) is 0 Å². The zero-order valence-electron chi connectivity index (χ0n) is 14.7. The number of thioether (sulfide) groups is 1. The number of amides is 2. The molecule has 2 aromatic carbocycles. The van der Waals surface area contributed by atoms with Crippen LogP contribution < -0.4 is 10.6 Å². The molecule has 0 radical (unpaired) electrons. The molecule has 3 rings (SSSR count). The van der Waals surface area contributed by atoms with Gasteiger partial charge in [-0.25, -0.2) is 4.39 Å². The van der Waals surface area contributed by atoms with Crippen molar-refractivity contribution in [3.8, 4) is 0 Å². The van der Waals surface area contributed by atoms with E-state index in [4.69, 9.17) is 4.42 Å². The summed E-state index contributed by atoms with van der Waals surface area (Å²) in [4.78, 5) is 23.9. The Morgan fingerprint density at radius 2 is 1.78 bits per heavy atom. The van der Waals surface area contributed by atoms with Gasteiger partial charge in [-0.05, 0) is 43.3 Å². The van der Waals surface area contributed by atoms with Crippen LogP contribution in [0, 0.1) is 5.82 Å². The third-order valence-corrected chi connectivity index (χ3v) is 4.78. The van der Waals surface area contributed by atoms with Gasteiger partial charge in [-0.3, -0.25) is 9.59 Å². The lowest BCUT2D eigenvalue weighted by Crippen LogP contribution is -2.28. The van der Waals surface area contributed by atoms with Gasteiger partial charge < -0.3 is 15.1 Å². The van der Waals surface area contributed by atoms with Gasteiger partial charge in [0, 0.05) is 11.1 Å². The highest BCUT2D eigenvalue weighted by atomic mass is 32.2. The molecule has 0 saturated carbocycles. The van der Waals surface area contributed by atoms with Crippen LogP contribution in [-0.2, 0) is 9.59 Å². The molecule has 0 unspecified atom stereocenters. The Bertz CT molecular complexity index is 907. The first-order chi connectivity index (χ1) is 13.0. The summed E-state index contributed by atoms with van der Waals surface area (Å²) in [7, 11) is 0. The van der Waals surface area contributed by atoms with E-state index < -0.39 is 0 Å². The van der Waals surface area contributed by atoms with Crippen molar-refractivity contribution in [2.75, 3.05) is 16.8 Å². The Morgan fingerprint density at radius 1 is 1.07 bits per heavy atom. The first kappa shape index (κ1) is 19.0. The van der Waals surface area contributed by atoms with E-state index in [2.05, 4.69) is 10.6 Å². The van der Waals surface area contributed by atoms with E-state index in [0.717, 1.165) is 11.0 Å². The minimum Gasteiger partial charge on any atom is -0.459 e. The van der Waals surface area contributed by atoms with E-state index in [0.29, 0.717) is 11.4 Å². The number of nitrogens with one attached hydrogen (secondary N) is 2. The van der Waals surface area contributed by atoms with Crippen LogP contribution in [0.4, 0.5) is 10.1 Å². The highest BCUT2D eigenvalue weighted by Gasteiger charge is 2.14. The summed E-state index contributed by atoms with van der Waals surface area (Å²) in [6.07, 6.45) is 0. The van der Waals surface area contributed by atoms with Crippen molar-refractivity contribution in [1.29, 1.82) is 0 Å². The van der Waals surface area contributed by atoms with Gasteiger partial charge >= 0.3 is 0 Å². The van der Waals surface area contributed by atoms with E-state index in [1.54, 1.807) is 0 Å². The van der Waals surface area contributed by atoms with Gasteiger partial charge in [-0.15, -0.1) is 11.8 Å². The SMILES string of the molecule is C[C@H](NC(=O)CSCC(=O)Nc1ccc(F)cc1)c1cc2ccccc2o1. The molecule has 7 heteroatoms. The molecule has 0 aliphatic rings. The van der Waals surface area contributed by atoms with Crippen LogP contribution in [0.3, 0.4) is 0 Å². The summed E-state index contributed by atoms with van der Waals surface area (Å²) in [6, 6.07) is 14.8. The number of anilines is 1. The first-order valence-corrected chi connectivity index (χ1v) is 9.58. The second-order valence-corrected chi connectivity index (χ2v) is 7.01. The average Bonchev–Trinajstić information content (AvgIpc) is 3.08. The molecule has 2 N–H and O–H groups in total. The molecule has 0 bridgehead atoms. The average molecular weight is 386 g/mol. The van der Waals surface area contributed by atoms with Crippen LogP contribution in [0.2, 0.25) is 0 Å². The molecule has 0 spiro atoms. The lowest BCUT2D eigenvalue weighted by atomic mass is 10.2. The summed E-state index contributed by atoms with van der Waals surface area (Å²) < 4.78 is 18.6. The second-order valence-electron chi connectivity index (χ2n) is 6.02. The van der Waals surface area contributed by atoms with Gasteiger partial charge in [0.25, 0.3) is 0 Å². The number of fused-ring (bicyclic) bond motifs is 1. The number of carbonyl (C=O) groups is 2. The summed E-state index contributed by atoms with van der Waals surface area (Å²) >= 11 is 1.21. The smallest absolute Gasteiger partial charge is 0.234 e. The highest BCUT2D eigenvalue weighted by Crippen LogP contribution is 2.23. The minimum atomic E-state index is -0.363. The van der Waals surface area contributed by atoms with Crippen molar-refractivity contribution in [2.24, 2.45) is 0 Å². The summed E-state index contributed by atoms with van der Waals surface area (Å²) in [6.45, 7) is 1.85. The predicted octanol–water partition coefficient (Wildman–Crippen LogP) is 4.12. The lowest BCUT2D eigenvalue weighted by Gasteiger charge is -2.11. The molecule has 27 heavy (non-hydrogen) atoms. The molecule has 140 valence electrons. The molecule has 1 aromatic heterocycles. The Morgan fingerprint density at radius 3 is 2.52 bits per heavy atom. The molecule has 1 atom stereocenters. The van der Waals surface area contributed by atoms with Crippen molar-refractivity contribution < 1.29 is 18.4 Å². The van der Waals surface area contributed by atoms with Crippen molar-refractivity contribution in [3.63, 3.8) is 0 Å². The third-order valence-electron chi connectivity index (χ3n) is 3.84. The number of rotatable bonds is 7. The molecule has 2 amide bonds. The normalized spacial score (nSPS) is 11.9. The van der Waals surface area contributed by atoms with Gasteiger partial charge in [0.2, 0.25) is 11.8 Å². The van der Waals surface area contributed by atoms with Crippen molar-refractivity contribution in [2.45, 2.75) is 13.0 Å². The van der Waals surface area contributed by atoms with Crippen molar-refractivity contribution >= 4 is 40.2 Å². The fourth-order valence-corrected chi connectivity index (χ4v) is 3.17. The maximum absolute atomic E-state index is 12.8.